The highest BCUT2D eigenvalue weighted by Crippen LogP contribution is 2.29. The van der Waals surface area contributed by atoms with E-state index in [1.54, 1.807) is 17.1 Å². The zero-order valence-electron chi connectivity index (χ0n) is 18.8. The topological polar surface area (TPSA) is 106 Å². The lowest BCUT2D eigenvalue weighted by Crippen LogP contribution is -2.19. The predicted molar refractivity (Wildman–Crippen MR) is 122 cm³/mol. The quantitative estimate of drug-likeness (QED) is 0.395. The standard InChI is InChI=1S/C23H31N7O2/c1-4-16(3)8-19(5-2)29-12-18(10-26-29)23-22-6-7-24-30(22)14-21(27-23)17-9-25-28(11-17)13-20(32)15-31/h6-7,9-12,14,16,19-20,31-32H,4-5,8,13,15H2,1-3H3/t16?,19?,20-/m1/s1. The molecule has 9 nitrogen and oxygen atoms in total. The summed E-state index contributed by atoms with van der Waals surface area (Å²) in [4.78, 5) is 4.92. The van der Waals surface area contributed by atoms with Gasteiger partial charge in [0.15, 0.2) is 0 Å². The van der Waals surface area contributed by atoms with Crippen molar-refractivity contribution in [1.82, 2.24) is 34.2 Å². The molecule has 32 heavy (non-hydrogen) atoms. The van der Waals surface area contributed by atoms with Crippen molar-refractivity contribution in [3.8, 4) is 22.5 Å². The van der Waals surface area contributed by atoms with E-state index in [4.69, 9.17) is 10.1 Å². The number of aromatic nitrogens is 7. The SMILES string of the molecule is CCC(C)CC(CC)n1cc(-c2nc(-c3cnn(C[C@@H](O)CO)c3)cn3nccc23)cn1. The second-order valence-corrected chi connectivity index (χ2v) is 8.44. The monoisotopic (exact) mass is 437 g/mol. The first-order valence-corrected chi connectivity index (χ1v) is 11.2. The smallest absolute Gasteiger partial charge is 0.0999 e. The Morgan fingerprint density at radius 1 is 1.00 bits per heavy atom. The molecule has 0 fully saturated rings. The second kappa shape index (κ2) is 9.62. The summed E-state index contributed by atoms with van der Waals surface area (Å²) in [5, 5.41) is 32.1. The van der Waals surface area contributed by atoms with Crippen molar-refractivity contribution >= 4 is 5.52 Å². The van der Waals surface area contributed by atoms with Crippen LogP contribution in [0.1, 0.15) is 46.1 Å². The fourth-order valence-corrected chi connectivity index (χ4v) is 3.90. The zero-order chi connectivity index (χ0) is 22.7. The van der Waals surface area contributed by atoms with Gasteiger partial charge in [0.1, 0.15) is 0 Å². The van der Waals surface area contributed by atoms with Crippen molar-refractivity contribution in [2.24, 2.45) is 5.92 Å². The molecule has 0 spiro atoms. The Labute approximate surface area is 187 Å². The van der Waals surface area contributed by atoms with E-state index >= 15 is 0 Å². The van der Waals surface area contributed by atoms with Crippen molar-refractivity contribution in [2.75, 3.05) is 6.61 Å². The predicted octanol–water partition coefficient (Wildman–Crippen LogP) is 3.20. The van der Waals surface area contributed by atoms with Crippen molar-refractivity contribution in [3.05, 3.63) is 43.2 Å². The summed E-state index contributed by atoms with van der Waals surface area (Å²) >= 11 is 0. The van der Waals surface area contributed by atoms with Gasteiger partial charge >= 0.3 is 0 Å². The molecule has 0 saturated carbocycles. The van der Waals surface area contributed by atoms with E-state index < -0.39 is 6.10 Å². The first-order valence-electron chi connectivity index (χ1n) is 11.2. The maximum atomic E-state index is 9.69. The molecule has 0 aliphatic rings. The summed E-state index contributed by atoms with van der Waals surface area (Å²) in [6, 6.07) is 2.31. The highest BCUT2D eigenvalue weighted by Gasteiger charge is 2.17. The number of hydrogen-bond acceptors (Lipinski definition) is 6. The molecule has 4 heterocycles. The van der Waals surface area contributed by atoms with Crippen LogP contribution >= 0.6 is 0 Å². The van der Waals surface area contributed by atoms with Gasteiger partial charge in [-0.05, 0) is 24.8 Å². The molecule has 170 valence electrons. The van der Waals surface area contributed by atoms with Crippen molar-refractivity contribution < 1.29 is 10.2 Å². The molecule has 0 aliphatic carbocycles. The Morgan fingerprint density at radius 3 is 2.56 bits per heavy atom. The Bertz CT molecular complexity index is 1160. The van der Waals surface area contributed by atoms with E-state index in [2.05, 4.69) is 46.9 Å². The molecule has 2 unspecified atom stereocenters. The van der Waals surface area contributed by atoms with E-state index in [-0.39, 0.29) is 13.2 Å². The molecule has 0 saturated heterocycles. The Balaban J connectivity index is 1.68. The lowest BCUT2D eigenvalue weighted by atomic mass is 9.98. The summed E-state index contributed by atoms with van der Waals surface area (Å²) in [5.74, 6) is 0.650. The molecule has 0 aromatic carbocycles. The van der Waals surface area contributed by atoms with Crippen molar-refractivity contribution in [3.63, 3.8) is 0 Å². The first-order chi connectivity index (χ1) is 15.5. The fraction of sp³-hybridized carbons (Fsp3) is 0.478. The second-order valence-electron chi connectivity index (χ2n) is 8.44. The van der Waals surface area contributed by atoms with E-state index in [0.717, 1.165) is 47.3 Å². The maximum Gasteiger partial charge on any atom is 0.0999 e. The third-order valence-electron chi connectivity index (χ3n) is 6.02. The molecule has 0 radical (unpaired) electrons. The molecule has 4 rings (SSSR count). The van der Waals surface area contributed by atoms with Gasteiger partial charge in [0, 0.05) is 23.5 Å². The van der Waals surface area contributed by atoms with Gasteiger partial charge in [0.2, 0.25) is 0 Å². The van der Waals surface area contributed by atoms with E-state index in [1.165, 1.54) is 0 Å². The summed E-state index contributed by atoms with van der Waals surface area (Å²) in [5.41, 5.74) is 4.20. The van der Waals surface area contributed by atoms with Crippen LogP contribution < -0.4 is 0 Å². The van der Waals surface area contributed by atoms with Gasteiger partial charge in [-0.25, -0.2) is 9.50 Å². The molecule has 4 aromatic rings. The highest BCUT2D eigenvalue weighted by molar-refractivity contribution is 5.78. The number of nitrogens with zero attached hydrogens (tertiary/aromatic N) is 7. The van der Waals surface area contributed by atoms with Crippen molar-refractivity contribution in [2.45, 2.75) is 58.7 Å². The van der Waals surface area contributed by atoms with Gasteiger partial charge in [-0.2, -0.15) is 15.3 Å². The average Bonchev–Trinajstić information content (AvgIpc) is 3.56. The Morgan fingerprint density at radius 2 is 1.81 bits per heavy atom. The molecular weight excluding hydrogens is 406 g/mol. The van der Waals surface area contributed by atoms with Crippen LogP contribution in [0.15, 0.2) is 43.2 Å². The van der Waals surface area contributed by atoms with Gasteiger partial charge in [-0.1, -0.05) is 27.2 Å². The number of hydrogen-bond donors (Lipinski definition) is 2. The molecule has 3 atom stereocenters. The Kier molecular flexibility index (Phi) is 6.66. The summed E-state index contributed by atoms with van der Waals surface area (Å²) in [6.07, 6.45) is 13.5. The van der Waals surface area contributed by atoms with E-state index in [1.807, 2.05) is 29.2 Å². The largest absolute Gasteiger partial charge is 0.394 e. The highest BCUT2D eigenvalue weighted by atomic mass is 16.3. The fourth-order valence-electron chi connectivity index (χ4n) is 3.90. The van der Waals surface area contributed by atoms with Crippen LogP contribution in [0.2, 0.25) is 0 Å². The third kappa shape index (κ3) is 4.58. The zero-order valence-corrected chi connectivity index (χ0v) is 18.8. The molecular formula is C23H31N7O2. The molecule has 0 bridgehead atoms. The summed E-state index contributed by atoms with van der Waals surface area (Å²) < 4.78 is 5.48. The average molecular weight is 438 g/mol. The maximum absolute atomic E-state index is 9.69. The minimum Gasteiger partial charge on any atom is -0.394 e. The van der Waals surface area contributed by atoms with Crippen LogP contribution in [0.25, 0.3) is 28.0 Å². The van der Waals surface area contributed by atoms with E-state index in [9.17, 15) is 5.11 Å². The lowest BCUT2D eigenvalue weighted by molar-refractivity contribution is 0.0783. The van der Waals surface area contributed by atoms with Gasteiger partial charge in [0.25, 0.3) is 0 Å². The minimum atomic E-state index is -0.854. The van der Waals surface area contributed by atoms with Crippen LogP contribution in [0.3, 0.4) is 0 Å². The normalized spacial score (nSPS) is 14.7. The van der Waals surface area contributed by atoms with E-state index in [0.29, 0.717) is 12.0 Å². The van der Waals surface area contributed by atoms with Gasteiger partial charge < -0.3 is 10.2 Å². The van der Waals surface area contributed by atoms with Gasteiger partial charge in [0.05, 0.1) is 67.0 Å². The lowest BCUT2D eigenvalue weighted by Gasteiger charge is -2.19. The van der Waals surface area contributed by atoms with Crippen molar-refractivity contribution in [1.29, 1.82) is 0 Å². The number of fused-ring (bicyclic) bond motifs is 1. The first kappa shape index (κ1) is 22.2. The third-order valence-corrected chi connectivity index (χ3v) is 6.02. The van der Waals surface area contributed by atoms with Gasteiger partial charge in [-0.3, -0.25) is 9.36 Å². The Hall–Kier alpha value is -3.04. The molecule has 4 aromatic heterocycles. The van der Waals surface area contributed by atoms with Crippen LogP contribution in [0.4, 0.5) is 0 Å². The number of aliphatic hydroxyl groups excluding tert-OH is 2. The molecule has 0 amide bonds. The summed E-state index contributed by atoms with van der Waals surface area (Å²) in [7, 11) is 0. The van der Waals surface area contributed by atoms with Gasteiger partial charge in [-0.15, -0.1) is 0 Å². The molecule has 2 N–H and O–H groups in total. The number of aliphatic hydroxyl groups is 2. The summed E-state index contributed by atoms with van der Waals surface area (Å²) in [6.45, 7) is 6.62. The van der Waals surface area contributed by atoms with Crippen LogP contribution in [-0.4, -0.2) is 57.1 Å². The van der Waals surface area contributed by atoms with Crippen LogP contribution in [0, 0.1) is 5.92 Å². The minimum absolute atomic E-state index is 0.217. The van der Waals surface area contributed by atoms with Crippen LogP contribution in [0.5, 0.6) is 0 Å². The molecule has 9 heteroatoms. The molecule has 0 aliphatic heterocycles. The van der Waals surface area contributed by atoms with Crippen LogP contribution in [-0.2, 0) is 6.54 Å². The number of rotatable bonds is 10.